The monoisotopic (exact) mass is 677 g/mol. The van der Waals surface area contributed by atoms with E-state index >= 15 is 0 Å². The maximum Gasteiger partial charge on any atom is 0.416 e. The number of quaternary nitrogens is 1. The normalized spacial score (nSPS) is 24.9. The molecule has 1 amide bonds. The predicted octanol–water partition coefficient (Wildman–Crippen LogP) is 9.79. The van der Waals surface area contributed by atoms with E-state index in [0.29, 0.717) is 27.6 Å². The summed E-state index contributed by atoms with van der Waals surface area (Å²) in [6.45, 7) is 4.62. The molecule has 2 aromatic rings. The molecule has 0 radical (unpaired) electrons. The van der Waals surface area contributed by atoms with E-state index in [0.717, 1.165) is 48.6 Å². The summed E-state index contributed by atoms with van der Waals surface area (Å²) >= 11 is 12.6. The maximum absolute atomic E-state index is 13.4. The first kappa shape index (κ1) is 34.4. The Bertz CT molecular complexity index is 1310. The molecule has 4 aliphatic rings. The van der Waals surface area contributed by atoms with E-state index in [4.69, 9.17) is 23.2 Å². The topological polar surface area (TPSA) is 20.3 Å². The van der Waals surface area contributed by atoms with Crippen LogP contribution in [0.1, 0.15) is 86.0 Å². The summed E-state index contributed by atoms with van der Waals surface area (Å²) in [6, 6.07) is 6.69. The second-order valence-electron chi connectivity index (χ2n) is 13.7. The largest absolute Gasteiger partial charge is 0.416 e. The number of hydrogen-bond acceptors (Lipinski definition) is 1. The number of piperidine rings is 3. The number of carbonyl (C=O) groups excluding carboxylic acids is 1. The van der Waals surface area contributed by atoms with Crippen molar-refractivity contribution in [3.05, 3.63) is 68.7 Å². The van der Waals surface area contributed by atoms with Crippen molar-refractivity contribution in [1.82, 2.24) is 4.90 Å². The Labute approximate surface area is 271 Å². The van der Waals surface area contributed by atoms with E-state index in [2.05, 4.69) is 0 Å². The van der Waals surface area contributed by atoms with Gasteiger partial charge in [-0.05, 0) is 65.6 Å². The molecule has 3 saturated heterocycles. The Morgan fingerprint density at radius 2 is 1.47 bits per heavy atom. The number of amides is 1. The first-order chi connectivity index (χ1) is 21.1. The van der Waals surface area contributed by atoms with E-state index in [-0.39, 0.29) is 24.1 Å². The summed E-state index contributed by atoms with van der Waals surface area (Å²) in [5, 5.41) is 0.790. The zero-order valence-electron chi connectivity index (χ0n) is 25.6. The van der Waals surface area contributed by atoms with E-state index in [9.17, 15) is 31.1 Å². The quantitative estimate of drug-likeness (QED) is 0.191. The van der Waals surface area contributed by atoms with Crippen LogP contribution in [0.3, 0.4) is 0 Å². The van der Waals surface area contributed by atoms with Crippen LogP contribution in [0.15, 0.2) is 36.4 Å². The molecule has 248 valence electrons. The van der Waals surface area contributed by atoms with Gasteiger partial charge in [-0.1, -0.05) is 48.5 Å². The summed E-state index contributed by atoms with van der Waals surface area (Å²) in [6.07, 6.45) is 0.756. The van der Waals surface area contributed by atoms with Crippen molar-refractivity contribution in [2.24, 2.45) is 11.3 Å². The van der Waals surface area contributed by atoms with E-state index in [1.165, 1.54) is 63.3 Å². The highest BCUT2D eigenvalue weighted by Gasteiger charge is 2.52. The fraction of sp³-hybridized carbons (Fsp3) is 0.618. The van der Waals surface area contributed by atoms with Crippen molar-refractivity contribution in [3.63, 3.8) is 0 Å². The van der Waals surface area contributed by atoms with Crippen LogP contribution in [0, 0.1) is 11.3 Å². The van der Waals surface area contributed by atoms with Gasteiger partial charge in [0.1, 0.15) is 0 Å². The SMILES string of the molecule is CN(CC(CC[N+]12CCC(C3CCCCC3)(CC1)CC2)c1ccc(Cl)c(Cl)c1)C(=O)Cc1cc(C(F)(F)F)cc(C(F)(F)F)c1. The number of rotatable bonds is 9. The molecule has 11 heteroatoms. The third-order valence-corrected chi connectivity index (χ3v) is 11.8. The van der Waals surface area contributed by atoms with Crippen molar-refractivity contribution in [3.8, 4) is 0 Å². The number of alkyl halides is 6. The Balaban J connectivity index is 1.29. The van der Waals surface area contributed by atoms with Crippen LogP contribution in [0.2, 0.25) is 10.0 Å². The average molecular weight is 679 g/mol. The second-order valence-corrected chi connectivity index (χ2v) is 14.5. The van der Waals surface area contributed by atoms with Crippen molar-refractivity contribution < 1.29 is 35.6 Å². The first-order valence-electron chi connectivity index (χ1n) is 15.9. The Hall–Kier alpha value is -1.97. The minimum atomic E-state index is -4.98. The van der Waals surface area contributed by atoms with Crippen molar-refractivity contribution in [2.75, 3.05) is 39.8 Å². The average Bonchev–Trinajstić information content (AvgIpc) is 3.01. The molecule has 1 saturated carbocycles. The molecule has 2 aromatic carbocycles. The number of benzene rings is 2. The number of likely N-dealkylation sites (N-methyl/N-ethyl adjacent to an activating group) is 1. The number of fused-ring (bicyclic) bond motifs is 3. The second kappa shape index (κ2) is 13.3. The van der Waals surface area contributed by atoms with Crippen LogP contribution in [0.25, 0.3) is 0 Å². The molecule has 4 fully saturated rings. The highest BCUT2D eigenvalue weighted by atomic mass is 35.5. The van der Waals surface area contributed by atoms with E-state index in [1.54, 1.807) is 12.1 Å². The lowest BCUT2D eigenvalue weighted by molar-refractivity contribution is -0.946. The lowest BCUT2D eigenvalue weighted by atomic mass is 9.59. The summed E-state index contributed by atoms with van der Waals surface area (Å²) in [5.74, 6) is 0.148. The number of nitrogens with zero attached hydrogens (tertiary/aromatic N) is 2. The maximum atomic E-state index is 13.4. The van der Waals surface area contributed by atoms with Crippen molar-refractivity contribution >= 4 is 29.1 Å². The molecule has 3 nitrogen and oxygen atoms in total. The fourth-order valence-electron chi connectivity index (χ4n) is 8.18. The Kier molecular flexibility index (Phi) is 10.1. The van der Waals surface area contributed by atoms with Gasteiger partial charge in [-0.25, -0.2) is 0 Å². The summed E-state index contributed by atoms with van der Waals surface area (Å²) < 4.78 is 81.4. The minimum absolute atomic E-state index is 0.0748. The zero-order chi connectivity index (χ0) is 32.6. The van der Waals surface area contributed by atoms with Gasteiger partial charge in [-0.3, -0.25) is 4.79 Å². The van der Waals surface area contributed by atoms with Crippen LogP contribution in [0.4, 0.5) is 26.3 Å². The van der Waals surface area contributed by atoms with E-state index in [1.807, 2.05) is 6.07 Å². The molecule has 0 aromatic heterocycles. The number of carbonyl (C=O) groups is 1. The van der Waals surface area contributed by atoms with Gasteiger partial charge in [0, 0.05) is 45.2 Å². The highest BCUT2D eigenvalue weighted by molar-refractivity contribution is 6.42. The standard InChI is InChI=1S/C34H41Cl2F6N2O/c1-43(31(45)19-23-17-27(33(37,38)39)21-28(18-23)34(40,41)42)22-25(24-7-8-29(35)30(36)20-24)9-13-44-14-10-32(11-15-44,12-16-44)26-5-3-2-4-6-26/h7-8,17-18,20-21,25-26H,2-6,9-16,19,22H2,1H3/q+1. The smallest absolute Gasteiger partial charge is 0.345 e. The van der Waals surface area contributed by atoms with Crippen molar-refractivity contribution in [2.45, 2.75) is 82.5 Å². The molecule has 6 rings (SSSR count). The summed E-state index contributed by atoms with van der Waals surface area (Å²) in [7, 11) is 1.54. The van der Waals surface area contributed by atoms with Crippen LogP contribution in [-0.2, 0) is 23.6 Å². The Morgan fingerprint density at radius 1 is 0.889 bits per heavy atom. The van der Waals surface area contributed by atoms with Crippen LogP contribution in [0.5, 0.6) is 0 Å². The van der Waals surface area contributed by atoms with Crippen LogP contribution >= 0.6 is 23.2 Å². The van der Waals surface area contributed by atoms with Crippen molar-refractivity contribution in [1.29, 1.82) is 0 Å². The van der Waals surface area contributed by atoms with Gasteiger partial charge in [-0.2, -0.15) is 26.3 Å². The van der Waals surface area contributed by atoms with Gasteiger partial charge in [-0.15, -0.1) is 0 Å². The molecular weight excluding hydrogens is 637 g/mol. The summed E-state index contributed by atoms with van der Waals surface area (Å²) in [5.41, 5.74) is -1.80. The predicted molar refractivity (Wildman–Crippen MR) is 164 cm³/mol. The van der Waals surface area contributed by atoms with Gasteiger partial charge >= 0.3 is 12.4 Å². The third kappa shape index (κ3) is 7.95. The lowest BCUT2D eigenvalue weighted by Gasteiger charge is -2.58. The molecule has 0 N–H and O–H groups in total. The van der Waals surface area contributed by atoms with Gasteiger partial charge in [0.05, 0.1) is 53.8 Å². The molecule has 1 aliphatic carbocycles. The molecule has 3 aliphatic heterocycles. The molecule has 0 spiro atoms. The van der Waals surface area contributed by atoms with Gasteiger partial charge in [0.2, 0.25) is 5.91 Å². The lowest BCUT2D eigenvalue weighted by Crippen LogP contribution is -2.63. The minimum Gasteiger partial charge on any atom is -0.345 e. The molecule has 2 bridgehead atoms. The first-order valence-corrected chi connectivity index (χ1v) is 16.7. The molecule has 1 atom stereocenters. The number of hydrogen-bond donors (Lipinski definition) is 0. The van der Waals surface area contributed by atoms with Gasteiger partial charge in [0.25, 0.3) is 0 Å². The fourth-order valence-corrected chi connectivity index (χ4v) is 8.48. The molecule has 45 heavy (non-hydrogen) atoms. The third-order valence-electron chi connectivity index (χ3n) is 11.0. The summed E-state index contributed by atoms with van der Waals surface area (Å²) in [4.78, 5) is 14.7. The molecule has 3 heterocycles. The zero-order valence-corrected chi connectivity index (χ0v) is 27.1. The van der Waals surface area contributed by atoms with Crippen LogP contribution in [-0.4, -0.2) is 55.1 Å². The van der Waals surface area contributed by atoms with Gasteiger partial charge < -0.3 is 9.38 Å². The number of halogens is 8. The highest BCUT2D eigenvalue weighted by Crippen LogP contribution is 2.53. The van der Waals surface area contributed by atoms with Gasteiger partial charge in [0.15, 0.2) is 0 Å². The Morgan fingerprint density at radius 3 is 2.00 bits per heavy atom. The van der Waals surface area contributed by atoms with E-state index < -0.39 is 35.8 Å². The van der Waals surface area contributed by atoms with Crippen LogP contribution < -0.4 is 0 Å². The molecule has 1 unspecified atom stereocenters. The molecular formula is C34H41Cl2F6N2O+.